The molecule has 8 heteroatoms. The molecule has 0 saturated heterocycles. The van der Waals surface area contributed by atoms with Crippen molar-refractivity contribution >= 4 is 12.3 Å². The summed E-state index contributed by atoms with van der Waals surface area (Å²) in [5.41, 5.74) is -1.54. The Bertz CT molecular complexity index is 527. The summed E-state index contributed by atoms with van der Waals surface area (Å²) in [6.07, 6.45) is 18.1. The average Bonchev–Trinajstić information content (AvgIpc) is 2.88. The largest absolute Gasteiger partial charge is 0.540 e. The van der Waals surface area contributed by atoms with Crippen LogP contribution in [0.4, 0.5) is 9.59 Å². The first kappa shape index (κ1) is 36.5. The first-order valence-corrected chi connectivity index (χ1v) is 15.2. The van der Waals surface area contributed by atoms with Gasteiger partial charge in [0.2, 0.25) is 0 Å². The molecule has 0 aliphatic rings. The zero-order chi connectivity index (χ0) is 28.5. The van der Waals surface area contributed by atoms with Crippen LogP contribution in [0.3, 0.4) is 0 Å². The van der Waals surface area contributed by atoms with Gasteiger partial charge < -0.3 is 9.47 Å². The zero-order valence-corrected chi connectivity index (χ0v) is 25.4. The summed E-state index contributed by atoms with van der Waals surface area (Å²) in [4.78, 5) is 43.9. The molecule has 0 heterocycles. The lowest BCUT2D eigenvalue weighted by Crippen LogP contribution is -2.33. The molecule has 226 valence electrons. The third-order valence-electron chi connectivity index (χ3n) is 6.44. The molecule has 0 aromatic rings. The van der Waals surface area contributed by atoms with E-state index in [1.54, 1.807) is 27.7 Å². The van der Waals surface area contributed by atoms with Crippen molar-refractivity contribution in [3.05, 3.63) is 0 Å². The quantitative estimate of drug-likeness (QED) is 0.0483. The SMILES string of the molecule is CCCCCCCCCCOC(=O)OOC(C)(C)CCC(C)(C)OOC(=O)OCCCCCCCCCC. The van der Waals surface area contributed by atoms with Crippen LogP contribution in [-0.4, -0.2) is 36.7 Å². The molecule has 0 aliphatic carbocycles. The fourth-order valence-electron chi connectivity index (χ4n) is 3.81. The summed E-state index contributed by atoms with van der Waals surface area (Å²) < 4.78 is 10.2. The highest BCUT2D eigenvalue weighted by Crippen LogP contribution is 2.25. The predicted molar refractivity (Wildman–Crippen MR) is 150 cm³/mol. The van der Waals surface area contributed by atoms with E-state index in [1.165, 1.54) is 64.2 Å². The van der Waals surface area contributed by atoms with Crippen molar-refractivity contribution in [1.29, 1.82) is 0 Å². The van der Waals surface area contributed by atoms with Gasteiger partial charge in [-0.1, -0.05) is 104 Å². The molecule has 38 heavy (non-hydrogen) atoms. The van der Waals surface area contributed by atoms with Crippen LogP contribution in [0.2, 0.25) is 0 Å². The van der Waals surface area contributed by atoms with Crippen molar-refractivity contribution in [3.8, 4) is 0 Å². The highest BCUT2D eigenvalue weighted by Gasteiger charge is 2.30. The molecule has 8 nitrogen and oxygen atoms in total. The van der Waals surface area contributed by atoms with Gasteiger partial charge >= 0.3 is 12.3 Å². The lowest BCUT2D eigenvalue weighted by Gasteiger charge is -2.28. The van der Waals surface area contributed by atoms with E-state index in [1.807, 2.05) is 0 Å². The molecular weight excluding hydrogens is 488 g/mol. The van der Waals surface area contributed by atoms with Crippen molar-refractivity contribution in [1.82, 2.24) is 0 Å². The van der Waals surface area contributed by atoms with Crippen LogP contribution in [0.5, 0.6) is 0 Å². The number of carbonyl (C=O) groups excluding carboxylic acids is 2. The molecule has 0 atom stereocenters. The highest BCUT2D eigenvalue weighted by molar-refractivity contribution is 5.59. The molecule has 0 rings (SSSR count). The minimum absolute atomic E-state index is 0.324. The van der Waals surface area contributed by atoms with Crippen LogP contribution in [0.1, 0.15) is 157 Å². The number of unbranched alkanes of at least 4 members (excludes halogenated alkanes) is 14. The summed E-state index contributed by atoms with van der Waals surface area (Å²) in [7, 11) is 0. The minimum Gasteiger partial charge on any atom is -0.432 e. The fraction of sp³-hybridized carbons (Fsp3) is 0.933. The Labute approximate surface area is 232 Å². The van der Waals surface area contributed by atoms with Gasteiger partial charge in [-0.15, -0.1) is 0 Å². The molecule has 0 aliphatic heterocycles. The Morgan fingerprint density at radius 3 is 1.08 bits per heavy atom. The zero-order valence-electron chi connectivity index (χ0n) is 25.4. The third kappa shape index (κ3) is 24.8. The first-order chi connectivity index (χ1) is 18.1. The maximum Gasteiger partial charge on any atom is 0.540 e. The summed E-state index contributed by atoms with van der Waals surface area (Å²) in [5.74, 6) is 0. The second-order valence-corrected chi connectivity index (χ2v) is 11.5. The van der Waals surface area contributed by atoms with Crippen molar-refractivity contribution < 1.29 is 38.6 Å². The minimum atomic E-state index is -0.834. The molecule has 0 N–H and O–H groups in total. The van der Waals surface area contributed by atoms with Gasteiger partial charge in [0.05, 0.1) is 13.2 Å². The van der Waals surface area contributed by atoms with Crippen LogP contribution in [-0.2, 0) is 29.0 Å². The molecule has 0 fully saturated rings. The number of carbonyl (C=O) groups is 2. The Hall–Kier alpha value is -1.54. The van der Waals surface area contributed by atoms with Gasteiger partial charge in [0.25, 0.3) is 0 Å². The van der Waals surface area contributed by atoms with E-state index in [2.05, 4.69) is 13.8 Å². The van der Waals surface area contributed by atoms with Gasteiger partial charge in [0.1, 0.15) is 11.2 Å². The normalized spacial score (nSPS) is 11.8. The van der Waals surface area contributed by atoms with E-state index in [0.29, 0.717) is 26.1 Å². The predicted octanol–water partition coefficient (Wildman–Crippen LogP) is 9.77. The van der Waals surface area contributed by atoms with Crippen molar-refractivity contribution in [2.24, 2.45) is 0 Å². The Balaban J connectivity index is 3.86. The molecule has 0 saturated carbocycles. The molecule has 0 aromatic carbocycles. The first-order valence-electron chi connectivity index (χ1n) is 15.2. The molecular formula is C30H58O8. The molecule has 0 radical (unpaired) electrons. The van der Waals surface area contributed by atoms with Crippen LogP contribution in [0.25, 0.3) is 0 Å². The van der Waals surface area contributed by atoms with E-state index in [0.717, 1.165) is 38.5 Å². The highest BCUT2D eigenvalue weighted by atomic mass is 17.2. The second kappa shape index (κ2) is 23.4. The standard InChI is InChI=1S/C30H58O8/c1-7-9-11-13-15-17-19-21-25-33-27(31)35-37-29(3,4)23-24-30(5,6)38-36-28(32)34-26-22-20-18-16-14-12-10-8-2/h7-26H2,1-6H3. The van der Waals surface area contributed by atoms with Crippen LogP contribution in [0.15, 0.2) is 0 Å². The number of rotatable bonds is 25. The topological polar surface area (TPSA) is 89.5 Å². The number of hydrogen-bond donors (Lipinski definition) is 0. The summed E-state index contributed by atoms with van der Waals surface area (Å²) in [6, 6.07) is 0. The Kier molecular flexibility index (Phi) is 22.4. The maximum atomic E-state index is 11.8. The van der Waals surface area contributed by atoms with Gasteiger partial charge in [-0.05, 0) is 53.4 Å². The molecule has 0 unspecified atom stereocenters. The Morgan fingerprint density at radius 1 is 0.474 bits per heavy atom. The Morgan fingerprint density at radius 2 is 0.763 bits per heavy atom. The van der Waals surface area contributed by atoms with Gasteiger partial charge in [-0.3, -0.25) is 9.78 Å². The van der Waals surface area contributed by atoms with Crippen LogP contribution >= 0.6 is 0 Å². The van der Waals surface area contributed by atoms with E-state index < -0.39 is 23.5 Å². The fourth-order valence-corrected chi connectivity index (χ4v) is 3.81. The summed E-state index contributed by atoms with van der Waals surface area (Å²) in [5, 5.41) is 0. The maximum absolute atomic E-state index is 11.8. The number of hydrogen-bond acceptors (Lipinski definition) is 8. The van der Waals surface area contributed by atoms with Crippen molar-refractivity contribution in [2.75, 3.05) is 13.2 Å². The summed E-state index contributed by atoms with van der Waals surface area (Å²) in [6.45, 7) is 12.3. The number of ether oxygens (including phenoxy) is 2. The monoisotopic (exact) mass is 546 g/mol. The third-order valence-corrected chi connectivity index (χ3v) is 6.44. The van der Waals surface area contributed by atoms with E-state index in [4.69, 9.17) is 29.0 Å². The molecule has 0 bridgehead atoms. The van der Waals surface area contributed by atoms with Gasteiger partial charge in [0, 0.05) is 0 Å². The van der Waals surface area contributed by atoms with E-state index in [-0.39, 0.29) is 0 Å². The van der Waals surface area contributed by atoms with Crippen LogP contribution < -0.4 is 0 Å². The molecule has 0 amide bonds. The van der Waals surface area contributed by atoms with Gasteiger partial charge in [-0.2, -0.15) is 9.78 Å². The smallest absolute Gasteiger partial charge is 0.432 e. The van der Waals surface area contributed by atoms with Gasteiger partial charge in [-0.25, -0.2) is 9.59 Å². The average molecular weight is 547 g/mol. The molecule has 0 spiro atoms. The lowest BCUT2D eigenvalue weighted by atomic mass is 9.94. The lowest BCUT2D eigenvalue weighted by molar-refractivity contribution is -0.334. The van der Waals surface area contributed by atoms with Crippen molar-refractivity contribution in [2.45, 2.75) is 168 Å². The van der Waals surface area contributed by atoms with Crippen molar-refractivity contribution in [3.63, 3.8) is 0 Å². The van der Waals surface area contributed by atoms with Crippen LogP contribution in [0, 0.1) is 0 Å². The second-order valence-electron chi connectivity index (χ2n) is 11.5. The molecule has 0 aromatic heterocycles. The van der Waals surface area contributed by atoms with E-state index in [9.17, 15) is 9.59 Å². The summed E-state index contributed by atoms with van der Waals surface area (Å²) >= 11 is 0. The van der Waals surface area contributed by atoms with E-state index >= 15 is 0 Å². The van der Waals surface area contributed by atoms with Gasteiger partial charge in [0.15, 0.2) is 0 Å².